The van der Waals surface area contributed by atoms with Crippen molar-refractivity contribution in [3.8, 4) is 0 Å². The third-order valence-electron chi connectivity index (χ3n) is 5.96. The summed E-state index contributed by atoms with van der Waals surface area (Å²) in [7, 11) is 0. The summed E-state index contributed by atoms with van der Waals surface area (Å²) in [5.41, 5.74) is 3.04. The molecule has 0 radical (unpaired) electrons. The van der Waals surface area contributed by atoms with Crippen molar-refractivity contribution >= 4 is 5.97 Å². The molecule has 1 fully saturated rings. The van der Waals surface area contributed by atoms with Gasteiger partial charge in [-0.2, -0.15) is 0 Å². The van der Waals surface area contributed by atoms with E-state index in [9.17, 15) is 8.78 Å². The van der Waals surface area contributed by atoms with Crippen LogP contribution in [0.3, 0.4) is 0 Å². The number of hydrogen-bond donors (Lipinski definition) is 1. The maximum Gasteiger partial charge on any atom is 0.300 e. The quantitative estimate of drug-likeness (QED) is 0.412. The zero-order valence-electron chi connectivity index (χ0n) is 21.1. The maximum atomic E-state index is 13.4. The molecule has 1 N–H and O–H groups in total. The molecule has 0 spiro atoms. The molecule has 1 aliphatic heterocycles. The first-order valence-electron chi connectivity index (χ1n) is 12.4. The molecular formula is C30H34F2N2O3. The standard InChI is InChI=1S/C28H30F2N2O.C2H4O2/c29-26-12-8-24(9-13-26)28(25-10-14-27(30)15-11-25)33-22-21-32-19-17-31(18-20-32)16-4-7-23-5-2-1-3-6-23;1-2(3)4/h1-6,8-16,28H,7,17-22H2;1H3,(H,3,4)/b16-4+;. The van der Waals surface area contributed by atoms with Crippen LogP contribution in [0.2, 0.25) is 0 Å². The Balaban J connectivity index is 0.000000886. The van der Waals surface area contributed by atoms with Crippen molar-refractivity contribution in [2.75, 3.05) is 39.3 Å². The average Bonchev–Trinajstić information content (AvgIpc) is 2.89. The number of allylic oxidation sites excluding steroid dienone is 1. The van der Waals surface area contributed by atoms with Crippen molar-refractivity contribution in [1.82, 2.24) is 9.80 Å². The number of hydrogen-bond acceptors (Lipinski definition) is 4. The summed E-state index contributed by atoms with van der Waals surface area (Å²) in [6.07, 6.45) is 5.03. The number of benzene rings is 3. The van der Waals surface area contributed by atoms with E-state index >= 15 is 0 Å². The molecule has 37 heavy (non-hydrogen) atoms. The Labute approximate surface area is 217 Å². The van der Waals surface area contributed by atoms with Gasteiger partial charge in [0.25, 0.3) is 5.97 Å². The number of carbonyl (C=O) groups is 1. The number of rotatable bonds is 9. The van der Waals surface area contributed by atoms with E-state index in [4.69, 9.17) is 14.6 Å². The number of ether oxygens (including phenoxy) is 1. The highest BCUT2D eigenvalue weighted by Gasteiger charge is 2.18. The number of carboxylic acid groups (broad SMARTS) is 1. The maximum absolute atomic E-state index is 13.4. The highest BCUT2D eigenvalue weighted by molar-refractivity contribution is 5.62. The van der Waals surface area contributed by atoms with Crippen LogP contribution in [-0.4, -0.2) is 60.2 Å². The second kappa shape index (κ2) is 14.9. The van der Waals surface area contributed by atoms with Gasteiger partial charge in [-0.15, -0.1) is 0 Å². The average molecular weight is 509 g/mol. The van der Waals surface area contributed by atoms with Crippen LogP contribution in [0.4, 0.5) is 8.78 Å². The van der Waals surface area contributed by atoms with Crippen LogP contribution in [0.1, 0.15) is 29.7 Å². The molecule has 0 aromatic heterocycles. The topological polar surface area (TPSA) is 53.0 Å². The van der Waals surface area contributed by atoms with E-state index in [2.05, 4.69) is 46.3 Å². The van der Waals surface area contributed by atoms with Crippen molar-refractivity contribution in [2.24, 2.45) is 0 Å². The summed E-state index contributed by atoms with van der Waals surface area (Å²) in [4.78, 5) is 13.8. The molecule has 0 saturated carbocycles. The molecule has 0 bridgehead atoms. The van der Waals surface area contributed by atoms with Crippen molar-refractivity contribution in [1.29, 1.82) is 0 Å². The number of carboxylic acids is 1. The summed E-state index contributed by atoms with van der Waals surface area (Å²) in [6.45, 7) is 6.40. The molecule has 7 heteroatoms. The SMILES string of the molecule is CC(=O)O.Fc1ccc(C(OCCN2CCN(/C=C/Cc3ccccc3)CC2)c2ccc(F)cc2)cc1. The predicted octanol–water partition coefficient (Wildman–Crippen LogP) is 5.54. The first-order valence-corrected chi connectivity index (χ1v) is 12.4. The van der Waals surface area contributed by atoms with Gasteiger partial charge in [-0.25, -0.2) is 8.78 Å². The van der Waals surface area contributed by atoms with Gasteiger partial charge in [-0.3, -0.25) is 9.69 Å². The molecule has 4 rings (SSSR count). The van der Waals surface area contributed by atoms with E-state index in [1.165, 1.54) is 29.8 Å². The third-order valence-corrected chi connectivity index (χ3v) is 5.96. The first kappa shape index (κ1) is 28.0. The normalized spacial score (nSPS) is 14.0. The number of halogens is 2. The molecule has 1 aliphatic rings. The predicted molar refractivity (Wildman–Crippen MR) is 141 cm³/mol. The fourth-order valence-corrected chi connectivity index (χ4v) is 4.05. The molecule has 3 aromatic carbocycles. The van der Waals surface area contributed by atoms with E-state index in [-0.39, 0.29) is 17.7 Å². The highest BCUT2D eigenvalue weighted by atomic mass is 19.1. The van der Waals surface area contributed by atoms with Gasteiger partial charge in [-0.05, 0) is 53.6 Å². The minimum absolute atomic E-state index is 0.285. The molecule has 1 saturated heterocycles. The minimum Gasteiger partial charge on any atom is -0.481 e. The number of nitrogens with zero attached hydrogens (tertiary/aromatic N) is 2. The zero-order valence-corrected chi connectivity index (χ0v) is 21.1. The van der Waals surface area contributed by atoms with Crippen LogP contribution in [0.25, 0.3) is 0 Å². The van der Waals surface area contributed by atoms with Crippen LogP contribution in [0.15, 0.2) is 91.1 Å². The van der Waals surface area contributed by atoms with Crippen molar-refractivity contribution < 1.29 is 23.4 Å². The van der Waals surface area contributed by atoms with E-state index in [1.807, 2.05) is 6.07 Å². The molecular weight excluding hydrogens is 474 g/mol. The Morgan fingerprint density at radius 2 is 1.41 bits per heavy atom. The summed E-state index contributed by atoms with van der Waals surface area (Å²) in [5, 5.41) is 7.42. The first-order chi connectivity index (χ1) is 17.9. The highest BCUT2D eigenvalue weighted by Crippen LogP contribution is 2.26. The summed E-state index contributed by atoms with van der Waals surface area (Å²) in [5.74, 6) is -1.40. The summed E-state index contributed by atoms with van der Waals surface area (Å²) < 4.78 is 33.0. The van der Waals surface area contributed by atoms with E-state index in [0.29, 0.717) is 6.61 Å². The monoisotopic (exact) mass is 508 g/mol. The molecule has 0 unspecified atom stereocenters. The lowest BCUT2D eigenvalue weighted by molar-refractivity contribution is -0.134. The zero-order chi connectivity index (χ0) is 26.5. The van der Waals surface area contributed by atoms with Crippen LogP contribution in [-0.2, 0) is 16.0 Å². The molecule has 0 amide bonds. The molecule has 0 atom stereocenters. The van der Waals surface area contributed by atoms with Crippen LogP contribution >= 0.6 is 0 Å². The largest absolute Gasteiger partial charge is 0.481 e. The van der Waals surface area contributed by atoms with Crippen molar-refractivity contribution in [3.63, 3.8) is 0 Å². The second-order valence-electron chi connectivity index (χ2n) is 8.83. The van der Waals surface area contributed by atoms with Gasteiger partial charge in [0.1, 0.15) is 17.7 Å². The van der Waals surface area contributed by atoms with Gasteiger partial charge < -0.3 is 14.7 Å². The lowest BCUT2D eigenvalue weighted by Gasteiger charge is -2.34. The summed E-state index contributed by atoms with van der Waals surface area (Å²) >= 11 is 0. The van der Waals surface area contributed by atoms with Gasteiger partial charge in [0, 0.05) is 39.6 Å². The Morgan fingerprint density at radius 3 is 1.92 bits per heavy atom. The fourth-order valence-electron chi connectivity index (χ4n) is 4.05. The Morgan fingerprint density at radius 1 is 0.892 bits per heavy atom. The molecule has 1 heterocycles. The van der Waals surface area contributed by atoms with E-state index in [0.717, 1.165) is 57.2 Å². The van der Waals surface area contributed by atoms with Gasteiger partial charge >= 0.3 is 0 Å². The van der Waals surface area contributed by atoms with Gasteiger partial charge in [0.2, 0.25) is 0 Å². The van der Waals surface area contributed by atoms with Crippen LogP contribution in [0, 0.1) is 11.6 Å². The number of piperazine rings is 1. The Hall–Kier alpha value is -3.55. The van der Waals surface area contributed by atoms with Crippen molar-refractivity contribution in [3.05, 3.63) is 119 Å². The number of aliphatic carboxylic acids is 1. The third kappa shape index (κ3) is 10.1. The van der Waals surface area contributed by atoms with E-state index in [1.54, 1.807) is 24.3 Å². The second-order valence-corrected chi connectivity index (χ2v) is 8.83. The molecule has 5 nitrogen and oxygen atoms in total. The fraction of sp³-hybridized carbons (Fsp3) is 0.300. The van der Waals surface area contributed by atoms with Gasteiger partial charge in [0.15, 0.2) is 0 Å². The molecule has 0 aliphatic carbocycles. The Bertz CT molecular complexity index is 1050. The minimum atomic E-state index is -0.833. The van der Waals surface area contributed by atoms with Crippen LogP contribution < -0.4 is 0 Å². The summed E-state index contributed by atoms with van der Waals surface area (Å²) in [6, 6.07) is 23.1. The van der Waals surface area contributed by atoms with E-state index < -0.39 is 5.97 Å². The van der Waals surface area contributed by atoms with Crippen LogP contribution in [0.5, 0.6) is 0 Å². The van der Waals surface area contributed by atoms with Gasteiger partial charge in [-0.1, -0.05) is 60.7 Å². The molecule has 196 valence electrons. The molecule has 3 aromatic rings. The van der Waals surface area contributed by atoms with Gasteiger partial charge in [0.05, 0.1) is 6.61 Å². The Kier molecular flexibility index (Phi) is 11.3. The lowest BCUT2D eigenvalue weighted by Crippen LogP contribution is -2.45. The smallest absolute Gasteiger partial charge is 0.300 e. The van der Waals surface area contributed by atoms with Crippen molar-refractivity contribution in [2.45, 2.75) is 19.4 Å². The lowest BCUT2D eigenvalue weighted by atomic mass is 10.0.